The molecule has 1 fully saturated rings. The van der Waals surface area contributed by atoms with Crippen LogP contribution in [0.4, 0.5) is 13.2 Å². The zero-order valence-electron chi connectivity index (χ0n) is 10.6. The van der Waals surface area contributed by atoms with Gasteiger partial charge in [-0.05, 0) is 31.7 Å². The summed E-state index contributed by atoms with van der Waals surface area (Å²) in [5.41, 5.74) is -0.152. The van der Waals surface area contributed by atoms with E-state index < -0.39 is 12.8 Å². The quantitative estimate of drug-likeness (QED) is 0.671. The second-order valence-corrected chi connectivity index (χ2v) is 5.21. The van der Waals surface area contributed by atoms with Crippen molar-refractivity contribution in [3.05, 3.63) is 0 Å². The molecule has 0 bridgehead atoms. The molecule has 0 aromatic rings. The Hall–Kier alpha value is -0.290. The first-order valence-electron chi connectivity index (χ1n) is 6.22. The second-order valence-electron chi connectivity index (χ2n) is 5.21. The summed E-state index contributed by atoms with van der Waals surface area (Å²) >= 11 is 0. The summed E-state index contributed by atoms with van der Waals surface area (Å²) in [6.07, 6.45) is -0.967. The van der Waals surface area contributed by atoms with Gasteiger partial charge < -0.3 is 10.1 Å². The largest absolute Gasteiger partial charge is 0.411 e. The number of halogens is 3. The Morgan fingerprint density at radius 2 is 1.88 bits per heavy atom. The lowest BCUT2D eigenvalue weighted by Gasteiger charge is -2.30. The zero-order valence-corrected chi connectivity index (χ0v) is 10.6. The molecule has 17 heavy (non-hydrogen) atoms. The molecule has 0 spiro atoms. The lowest BCUT2D eigenvalue weighted by molar-refractivity contribution is -0.181. The molecule has 0 radical (unpaired) electrons. The topological polar surface area (TPSA) is 21.3 Å². The van der Waals surface area contributed by atoms with Crippen LogP contribution < -0.4 is 5.32 Å². The number of hydrogen-bond acceptors (Lipinski definition) is 2. The highest BCUT2D eigenvalue weighted by atomic mass is 19.4. The molecule has 1 N–H and O–H groups in total. The van der Waals surface area contributed by atoms with Crippen LogP contribution in [0.25, 0.3) is 0 Å². The molecule has 0 heterocycles. The molecule has 2 nitrogen and oxygen atoms in total. The van der Waals surface area contributed by atoms with Crippen molar-refractivity contribution in [2.75, 3.05) is 26.3 Å². The van der Waals surface area contributed by atoms with Crippen molar-refractivity contribution in [1.82, 2.24) is 5.32 Å². The fourth-order valence-corrected chi connectivity index (χ4v) is 2.04. The van der Waals surface area contributed by atoms with Crippen LogP contribution >= 0.6 is 0 Å². The van der Waals surface area contributed by atoms with Crippen molar-refractivity contribution >= 4 is 0 Å². The normalized spacial score (nSPS) is 20.3. The molecule has 0 aliphatic heterocycles. The summed E-state index contributed by atoms with van der Waals surface area (Å²) in [6, 6.07) is 0. The lowest BCUT2D eigenvalue weighted by Crippen LogP contribution is -2.38. The molecule has 1 aliphatic rings. The van der Waals surface area contributed by atoms with E-state index in [2.05, 4.69) is 12.2 Å². The third-order valence-corrected chi connectivity index (χ3v) is 3.22. The minimum atomic E-state index is -4.22. The van der Waals surface area contributed by atoms with Gasteiger partial charge in [-0.1, -0.05) is 13.8 Å². The van der Waals surface area contributed by atoms with Crippen LogP contribution in [0.15, 0.2) is 0 Å². The fourth-order valence-electron chi connectivity index (χ4n) is 2.04. The smallest absolute Gasteiger partial charge is 0.371 e. The van der Waals surface area contributed by atoms with Crippen molar-refractivity contribution in [2.24, 2.45) is 11.3 Å². The van der Waals surface area contributed by atoms with E-state index >= 15 is 0 Å². The van der Waals surface area contributed by atoms with Crippen LogP contribution in [-0.2, 0) is 4.74 Å². The average molecular weight is 253 g/mol. The highest BCUT2D eigenvalue weighted by Crippen LogP contribution is 2.45. The van der Waals surface area contributed by atoms with Gasteiger partial charge in [0.05, 0.1) is 6.61 Å². The van der Waals surface area contributed by atoms with Crippen molar-refractivity contribution in [3.8, 4) is 0 Å². The molecular weight excluding hydrogens is 231 g/mol. The standard InChI is InChI=1S/C12H22F3NO/c1-3-6-16-7-11(2,10-4-5-10)8-17-9-12(13,14)15/h10,16H,3-9H2,1-2H3. The molecule has 1 saturated carbocycles. The van der Waals surface area contributed by atoms with Gasteiger partial charge in [-0.25, -0.2) is 0 Å². The third-order valence-electron chi connectivity index (χ3n) is 3.22. The maximum Gasteiger partial charge on any atom is 0.411 e. The van der Waals surface area contributed by atoms with E-state index in [1.54, 1.807) is 0 Å². The molecule has 0 aromatic heterocycles. The van der Waals surface area contributed by atoms with Crippen LogP contribution in [0.3, 0.4) is 0 Å². The highest BCUT2D eigenvalue weighted by Gasteiger charge is 2.42. The van der Waals surface area contributed by atoms with E-state index in [-0.39, 0.29) is 12.0 Å². The number of rotatable bonds is 8. The van der Waals surface area contributed by atoms with Crippen LogP contribution in [0, 0.1) is 11.3 Å². The predicted molar refractivity (Wildman–Crippen MR) is 60.9 cm³/mol. The van der Waals surface area contributed by atoms with E-state index in [1.807, 2.05) is 6.92 Å². The van der Waals surface area contributed by atoms with Crippen molar-refractivity contribution in [1.29, 1.82) is 0 Å². The van der Waals surface area contributed by atoms with Gasteiger partial charge in [-0.2, -0.15) is 13.2 Å². The van der Waals surface area contributed by atoms with Gasteiger partial charge >= 0.3 is 6.18 Å². The average Bonchev–Trinajstić information content (AvgIpc) is 2.99. The molecule has 1 atom stereocenters. The van der Waals surface area contributed by atoms with Crippen LogP contribution in [-0.4, -0.2) is 32.5 Å². The number of hydrogen-bond donors (Lipinski definition) is 1. The molecule has 1 rings (SSSR count). The second kappa shape index (κ2) is 6.05. The van der Waals surface area contributed by atoms with Gasteiger partial charge in [-0.3, -0.25) is 0 Å². The first-order valence-corrected chi connectivity index (χ1v) is 6.22. The Morgan fingerprint density at radius 1 is 1.24 bits per heavy atom. The van der Waals surface area contributed by atoms with E-state index in [4.69, 9.17) is 4.74 Å². The molecule has 102 valence electrons. The van der Waals surface area contributed by atoms with Gasteiger partial charge in [0.1, 0.15) is 6.61 Å². The first kappa shape index (κ1) is 14.8. The summed E-state index contributed by atoms with van der Waals surface area (Å²) in [7, 11) is 0. The van der Waals surface area contributed by atoms with Crippen molar-refractivity contribution in [2.45, 2.75) is 39.3 Å². The van der Waals surface area contributed by atoms with E-state index in [0.29, 0.717) is 5.92 Å². The number of ether oxygens (including phenoxy) is 1. The minimum absolute atomic E-state index is 0.152. The summed E-state index contributed by atoms with van der Waals surface area (Å²) in [4.78, 5) is 0. The monoisotopic (exact) mass is 253 g/mol. The van der Waals surface area contributed by atoms with Gasteiger partial charge in [0.15, 0.2) is 0 Å². The van der Waals surface area contributed by atoms with Gasteiger partial charge in [0.2, 0.25) is 0 Å². The predicted octanol–water partition coefficient (Wildman–Crippen LogP) is 2.98. The van der Waals surface area contributed by atoms with Gasteiger partial charge in [-0.15, -0.1) is 0 Å². The molecular formula is C12H22F3NO. The first-order chi connectivity index (χ1) is 7.87. The van der Waals surface area contributed by atoms with E-state index in [1.165, 1.54) is 0 Å². The molecule has 0 amide bonds. The SMILES string of the molecule is CCCNCC(C)(COCC(F)(F)F)C1CC1. The molecule has 5 heteroatoms. The maximum absolute atomic E-state index is 12.0. The molecule has 0 aromatic carbocycles. The zero-order chi connectivity index (χ0) is 12.9. The summed E-state index contributed by atoms with van der Waals surface area (Å²) in [5.74, 6) is 0.514. The van der Waals surface area contributed by atoms with Crippen LogP contribution in [0.5, 0.6) is 0 Å². The van der Waals surface area contributed by atoms with E-state index in [0.717, 1.165) is 32.4 Å². The van der Waals surface area contributed by atoms with Gasteiger partial charge in [0, 0.05) is 12.0 Å². The summed E-state index contributed by atoms with van der Waals surface area (Å²) < 4.78 is 40.9. The Balaban J connectivity index is 2.31. The Morgan fingerprint density at radius 3 is 2.35 bits per heavy atom. The Kier molecular flexibility index (Phi) is 5.25. The maximum atomic E-state index is 12.0. The molecule has 0 saturated heterocycles. The van der Waals surface area contributed by atoms with Crippen molar-refractivity contribution < 1.29 is 17.9 Å². The summed E-state index contributed by atoms with van der Waals surface area (Å²) in [6.45, 7) is 4.78. The highest BCUT2D eigenvalue weighted by molar-refractivity contribution is 4.92. The Bertz CT molecular complexity index is 228. The minimum Gasteiger partial charge on any atom is -0.371 e. The van der Waals surface area contributed by atoms with Crippen molar-refractivity contribution in [3.63, 3.8) is 0 Å². The van der Waals surface area contributed by atoms with Gasteiger partial charge in [0.25, 0.3) is 0 Å². The Labute approximate surface area is 101 Å². The lowest BCUT2D eigenvalue weighted by atomic mass is 9.85. The number of alkyl halides is 3. The third kappa shape index (κ3) is 5.73. The molecule has 1 unspecified atom stereocenters. The van der Waals surface area contributed by atoms with E-state index in [9.17, 15) is 13.2 Å². The summed E-state index contributed by atoms with van der Waals surface area (Å²) in [5, 5.41) is 3.28. The van der Waals surface area contributed by atoms with Crippen LogP contribution in [0.1, 0.15) is 33.1 Å². The number of nitrogens with one attached hydrogen (secondary N) is 1. The fraction of sp³-hybridized carbons (Fsp3) is 1.00. The molecule has 1 aliphatic carbocycles. The van der Waals surface area contributed by atoms with Crippen LogP contribution in [0.2, 0.25) is 0 Å².